The Morgan fingerprint density at radius 1 is 0.833 bits per heavy atom. The Hall–Kier alpha value is -3.14. The van der Waals surface area contributed by atoms with Crippen LogP contribution in [0.1, 0.15) is 15.9 Å². The van der Waals surface area contributed by atoms with Crippen LogP contribution in [0.25, 0.3) is 0 Å². The van der Waals surface area contributed by atoms with E-state index in [0.29, 0.717) is 5.69 Å². The maximum absolute atomic E-state index is 13.6. The molecule has 1 amide bonds. The van der Waals surface area contributed by atoms with Gasteiger partial charge in [0.05, 0.1) is 5.56 Å². The van der Waals surface area contributed by atoms with Gasteiger partial charge < -0.3 is 10.6 Å². The SMILES string of the molecule is Cc1ccccc1Nc1ccc(NC(=O)c2ccccc2F)cc1. The van der Waals surface area contributed by atoms with Gasteiger partial charge in [0.25, 0.3) is 5.91 Å². The van der Waals surface area contributed by atoms with E-state index in [-0.39, 0.29) is 5.56 Å². The van der Waals surface area contributed by atoms with Crippen molar-refractivity contribution in [1.29, 1.82) is 0 Å². The quantitative estimate of drug-likeness (QED) is 0.699. The maximum atomic E-state index is 13.6. The fourth-order valence-corrected chi connectivity index (χ4v) is 2.35. The summed E-state index contributed by atoms with van der Waals surface area (Å²) in [7, 11) is 0. The number of amides is 1. The van der Waals surface area contributed by atoms with Gasteiger partial charge in [0.15, 0.2) is 0 Å². The molecule has 2 N–H and O–H groups in total. The molecule has 0 saturated heterocycles. The zero-order valence-corrected chi connectivity index (χ0v) is 13.2. The van der Waals surface area contributed by atoms with Crippen molar-refractivity contribution in [2.75, 3.05) is 10.6 Å². The van der Waals surface area contributed by atoms with Crippen molar-refractivity contribution in [3.05, 3.63) is 89.7 Å². The number of hydrogen-bond donors (Lipinski definition) is 2. The molecule has 0 heterocycles. The third-order valence-corrected chi connectivity index (χ3v) is 3.69. The minimum Gasteiger partial charge on any atom is -0.355 e. The van der Waals surface area contributed by atoms with Crippen LogP contribution < -0.4 is 10.6 Å². The summed E-state index contributed by atoms with van der Waals surface area (Å²) in [6, 6.07) is 21.2. The molecule has 0 aliphatic carbocycles. The molecule has 0 aliphatic heterocycles. The Morgan fingerprint density at radius 2 is 1.46 bits per heavy atom. The van der Waals surface area contributed by atoms with Gasteiger partial charge in [-0.15, -0.1) is 0 Å². The van der Waals surface area contributed by atoms with Gasteiger partial charge in [0.2, 0.25) is 0 Å². The van der Waals surface area contributed by atoms with Crippen molar-refractivity contribution in [3.8, 4) is 0 Å². The second-order valence-corrected chi connectivity index (χ2v) is 5.45. The predicted molar refractivity (Wildman–Crippen MR) is 95.3 cm³/mol. The number of carbonyl (C=O) groups excluding carboxylic acids is 1. The maximum Gasteiger partial charge on any atom is 0.258 e. The average molecular weight is 320 g/mol. The lowest BCUT2D eigenvalue weighted by Gasteiger charge is -2.11. The van der Waals surface area contributed by atoms with Gasteiger partial charge in [0.1, 0.15) is 5.82 Å². The first-order chi connectivity index (χ1) is 11.6. The Balaban J connectivity index is 1.70. The third-order valence-electron chi connectivity index (χ3n) is 3.69. The Bertz CT molecular complexity index is 860. The first-order valence-electron chi connectivity index (χ1n) is 7.62. The summed E-state index contributed by atoms with van der Waals surface area (Å²) in [6.45, 7) is 2.03. The Labute approximate surface area is 140 Å². The van der Waals surface area contributed by atoms with Crippen LogP contribution in [0, 0.1) is 12.7 Å². The molecule has 4 heteroatoms. The Kier molecular flexibility index (Phi) is 4.57. The first-order valence-corrected chi connectivity index (χ1v) is 7.62. The third kappa shape index (κ3) is 3.60. The van der Waals surface area contributed by atoms with Crippen molar-refractivity contribution in [3.63, 3.8) is 0 Å². The van der Waals surface area contributed by atoms with E-state index in [4.69, 9.17) is 0 Å². The smallest absolute Gasteiger partial charge is 0.258 e. The monoisotopic (exact) mass is 320 g/mol. The first kappa shape index (κ1) is 15.7. The van der Waals surface area contributed by atoms with E-state index in [0.717, 1.165) is 16.9 Å². The lowest BCUT2D eigenvalue weighted by atomic mass is 10.2. The number of para-hydroxylation sites is 1. The van der Waals surface area contributed by atoms with E-state index in [1.807, 2.05) is 43.3 Å². The molecule has 120 valence electrons. The molecule has 0 aliphatic rings. The van der Waals surface area contributed by atoms with E-state index >= 15 is 0 Å². The summed E-state index contributed by atoms with van der Waals surface area (Å²) in [4.78, 5) is 12.1. The van der Waals surface area contributed by atoms with Crippen molar-refractivity contribution < 1.29 is 9.18 Å². The Morgan fingerprint density at radius 3 is 2.17 bits per heavy atom. The van der Waals surface area contributed by atoms with Crippen LogP contribution in [-0.4, -0.2) is 5.91 Å². The van der Waals surface area contributed by atoms with E-state index in [1.54, 1.807) is 24.3 Å². The fourth-order valence-electron chi connectivity index (χ4n) is 2.35. The summed E-state index contributed by atoms with van der Waals surface area (Å²) in [6.07, 6.45) is 0. The highest BCUT2D eigenvalue weighted by Gasteiger charge is 2.10. The van der Waals surface area contributed by atoms with Crippen LogP contribution in [0.3, 0.4) is 0 Å². The molecule has 0 radical (unpaired) electrons. The highest BCUT2D eigenvalue weighted by Crippen LogP contribution is 2.22. The van der Waals surface area contributed by atoms with Crippen molar-refractivity contribution in [2.45, 2.75) is 6.92 Å². The minimum absolute atomic E-state index is 0.0274. The molecule has 3 aromatic rings. The molecule has 3 nitrogen and oxygen atoms in total. The van der Waals surface area contributed by atoms with Gasteiger partial charge >= 0.3 is 0 Å². The van der Waals surface area contributed by atoms with Crippen LogP contribution in [0.4, 0.5) is 21.5 Å². The predicted octanol–water partition coefficient (Wildman–Crippen LogP) is 5.13. The lowest BCUT2D eigenvalue weighted by molar-refractivity contribution is 0.102. The fraction of sp³-hybridized carbons (Fsp3) is 0.0500. The zero-order valence-electron chi connectivity index (χ0n) is 13.2. The van der Waals surface area contributed by atoms with Crippen LogP contribution in [0.15, 0.2) is 72.8 Å². The number of carbonyl (C=O) groups is 1. The second-order valence-electron chi connectivity index (χ2n) is 5.45. The van der Waals surface area contributed by atoms with Crippen molar-refractivity contribution >= 4 is 23.0 Å². The summed E-state index contributed by atoms with van der Waals surface area (Å²) in [5.41, 5.74) is 3.72. The lowest BCUT2D eigenvalue weighted by Crippen LogP contribution is -2.13. The van der Waals surface area contributed by atoms with Crippen LogP contribution in [-0.2, 0) is 0 Å². The number of hydrogen-bond acceptors (Lipinski definition) is 2. The molecular formula is C20H17FN2O. The number of rotatable bonds is 4. The van der Waals surface area contributed by atoms with E-state index in [2.05, 4.69) is 10.6 Å². The molecule has 0 fully saturated rings. The number of benzene rings is 3. The summed E-state index contributed by atoms with van der Waals surface area (Å²) in [5, 5.41) is 6.02. The molecule has 0 saturated carbocycles. The van der Waals surface area contributed by atoms with E-state index in [1.165, 1.54) is 12.1 Å². The molecule has 0 aromatic heterocycles. The van der Waals surface area contributed by atoms with Gasteiger partial charge in [-0.1, -0.05) is 30.3 Å². The molecular weight excluding hydrogens is 303 g/mol. The van der Waals surface area contributed by atoms with E-state index < -0.39 is 11.7 Å². The topological polar surface area (TPSA) is 41.1 Å². The van der Waals surface area contributed by atoms with Crippen LogP contribution in [0.5, 0.6) is 0 Å². The number of anilines is 3. The van der Waals surface area contributed by atoms with Crippen LogP contribution >= 0.6 is 0 Å². The highest BCUT2D eigenvalue weighted by molar-refractivity contribution is 6.04. The van der Waals surface area contributed by atoms with Crippen molar-refractivity contribution in [1.82, 2.24) is 0 Å². The molecule has 0 spiro atoms. The molecule has 3 rings (SSSR count). The highest BCUT2D eigenvalue weighted by atomic mass is 19.1. The number of aryl methyl sites for hydroxylation is 1. The van der Waals surface area contributed by atoms with E-state index in [9.17, 15) is 9.18 Å². The molecule has 0 bridgehead atoms. The van der Waals surface area contributed by atoms with Gasteiger partial charge in [0, 0.05) is 17.1 Å². The molecule has 24 heavy (non-hydrogen) atoms. The second kappa shape index (κ2) is 6.96. The number of nitrogens with one attached hydrogen (secondary N) is 2. The van der Waals surface area contributed by atoms with Crippen molar-refractivity contribution in [2.24, 2.45) is 0 Å². The zero-order chi connectivity index (χ0) is 16.9. The molecule has 0 unspecified atom stereocenters. The summed E-state index contributed by atoms with van der Waals surface area (Å²) in [5.74, 6) is -0.999. The summed E-state index contributed by atoms with van der Waals surface area (Å²) >= 11 is 0. The van der Waals surface area contributed by atoms with Gasteiger partial charge in [-0.3, -0.25) is 4.79 Å². The minimum atomic E-state index is -0.534. The normalized spacial score (nSPS) is 10.2. The molecule has 0 atom stereocenters. The van der Waals surface area contributed by atoms with Crippen LogP contribution in [0.2, 0.25) is 0 Å². The largest absolute Gasteiger partial charge is 0.355 e. The summed E-state index contributed by atoms with van der Waals surface area (Å²) < 4.78 is 13.6. The van der Waals surface area contributed by atoms with Gasteiger partial charge in [-0.25, -0.2) is 4.39 Å². The average Bonchev–Trinajstić information content (AvgIpc) is 2.59. The van der Waals surface area contributed by atoms with Gasteiger partial charge in [-0.05, 0) is 55.0 Å². The number of halogens is 1. The van der Waals surface area contributed by atoms with Gasteiger partial charge in [-0.2, -0.15) is 0 Å². The molecule has 3 aromatic carbocycles. The standard InChI is InChI=1S/C20H17FN2O/c1-14-6-2-5-9-19(14)22-15-10-12-16(13-11-15)23-20(24)17-7-3-4-8-18(17)21/h2-13,22H,1H3,(H,23,24).